The van der Waals surface area contributed by atoms with E-state index in [0.717, 1.165) is 22.4 Å². The van der Waals surface area contributed by atoms with Gasteiger partial charge < -0.3 is 9.47 Å². The van der Waals surface area contributed by atoms with Crippen molar-refractivity contribution in [2.24, 2.45) is 5.92 Å². The quantitative estimate of drug-likeness (QED) is 0.806. The number of fused-ring (bicyclic) bond motifs is 1. The summed E-state index contributed by atoms with van der Waals surface area (Å²) >= 11 is 3.44. The Balaban J connectivity index is 2.14. The number of halogens is 1. The van der Waals surface area contributed by atoms with E-state index in [9.17, 15) is 0 Å². The summed E-state index contributed by atoms with van der Waals surface area (Å²) in [6, 6.07) is 5.84. The van der Waals surface area contributed by atoms with Gasteiger partial charge in [0.25, 0.3) is 0 Å². The number of ether oxygens (including phenoxy) is 2. The number of benzene rings is 1. The Labute approximate surface area is 92.3 Å². The first-order chi connectivity index (χ1) is 6.66. The van der Waals surface area contributed by atoms with Crippen molar-refractivity contribution in [3.8, 4) is 11.5 Å². The summed E-state index contributed by atoms with van der Waals surface area (Å²) < 4.78 is 12.3. The van der Waals surface area contributed by atoms with E-state index in [4.69, 9.17) is 9.47 Å². The first-order valence-electron chi connectivity index (χ1n) is 4.78. The third kappa shape index (κ3) is 1.87. The van der Waals surface area contributed by atoms with E-state index in [1.807, 2.05) is 18.2 Å². The van der Waals surface area contributed by atoms with Gasteiger partial charge in [-0.05, 0) is 34.0 Å². The summed E-state index contributed by atoms with van der Waals surface area (Å²) in [6.45, 7) is 4.31. The highest BCUT2D eigenvalue weighted by Crippen LogP contribution is 2.41. The van der Waals surface area contributed by atoms with Crippen LogP contribution in [0.5, 0.6) is 11.5 Å². The zero-order valence-electron chi connectivity index (χ0n) is 8.29. The number of rotatable bonds is 2. The first-order valence-corrected chi connectivity index (χ1v) is 5.58. The third-order valence-electron chi connectivity index (χ3n) is 2.10. The van der Waals surface area contributed by atoms with E-state index in [2.05, 4.69) is 29.8 Å². The van der Waals surface area contributed by atoms with Gasteiger partial charge in [0.2, 0.25) is 6.29 Å². The largest absolute Gasteiger partial charge is 0.451 e. The van der Waals surface area contributed by atoms with Crippen molar-refractivity contribution in [2.45, 2.75) is 26.6 Å². The molecular formula is C11H13BrO2. The van der Waals surface area contributed by atoms with Gasteiger partial charge in [0, 0.05) is 6.42 Å². The molecule has 0 amide bonds. The number of hydrogen-bond donors (Lipinski definition) is 0. The van der Waals surface area contributed by atoms with Crippen LogP contribution in [0, 0.1) is 5.92 Å². The minimum Gasteiger partial charge on any atom is -0.451 e. The summed E-state index contributed by atoms with van der Waals surface area (Å²) in [7, 11) is 0. The van der Waals surface area contributed by atoms with Crippen LogP contribution in [0.2, 0.25) is 0 Å². The van der Waals surface area contributed by atoms with Crippen LogP contribution < -0.4 is 9.47 Å². The lowest BCUT2D eigenvalue weighted by Crippen LogP contribution is -2.20. The molecule has 1 unspecified atom stereocenters. The highest BCUT2D eigenvalue weighted by molar-refractivity contribution is 9.10. The smallest absolute Gasteiger partial charge is 0.241 e. The highest BCUT2D eigenvalue weighted by Gasteiger charge is 2.26. The van der Waals surface area contributed by atoms with Crippen molar-refractivity contribution in [3.63, 3.8) is 0 Å². The molecule has 2 rings (SSSR count). The molecule has 1 aliphatic rings. The SMILES string of the molecule is CC(C)CC1Oc2cccc(Br)c2O1. The molecule has 0 saturated heterocycles. The predicted molar refractivity (Wildman–Crippen MR) is 58.6 cm³/mol. The molecular weight excluding hydrogens is 244 g/mol. The molecule has 1 aromatic carbocycles. The molecule has 14 heavy (non-hydrogen) atoms. The monoisotopic (exact) mass is 256 g/mol. The highest BCUT2D eigenvalue weighted by atomic mass is 79.9. The second kappa shape index (κ2) is 3.81. The van der Waals surface area contributed by atoms with E-state index < -0.39 is 0 Å². The number of hydrogen-bond acceptors (Lipinski definition) is 2. The molecule has 0 fully saturated rings. The Kier molecular flexibility index (Phi) is 2.68. The molecule has 76 valence electrons. The van der Waals surface area contributed by atoms with E-state index in [0.29, 0.717) is 5.92 Å². The van der Waals surface area contributed by atoms with Gasteiger partial charge in [-0.3, -0.25) is 0 Å². The lowest BCUT2D eigenvalue weighted by Gasteiger charge is -2.11. The molecule has 0 spiro atoms. The molecule has 0 bridgehead atoms. The van der Waals surface area contributed by atoms with Gasteiger partial charge in [-0.15, -0.1) is 0 Å². The topological polar surface area (TPSA) is 18.5 Å². The summed E-state index contributed by atoms with van der Waals surface area (Å²) in [5.41, 5.74) is 0. The fraction of sp³-hybridized carbons (Fsp3) is 0.455. The van der Waals surface area contributed by atoms with Crippen LogP contribution in [0.25, 0.3) is 0 Å². The Morgan fingerprint density at radius 1 is 1.36 bits per heavy atom. The molecule has 3 heteroatoms. The zero-order valence-corrected chi connectivity index (χ0v) is 9.87. The normalized spacial score (nSPS) is 19.0. The lowest BCUT2D eigenvalue weighted by atomic mass is 10.1. The van der Waals surface area contributed by atoms with Crippen molar-refractivity contribution in [2.75, 3.05) is 0 Å². The van der Waals surface area contributed by atoms with Gasteiger partial charge in [-0.25, -0.2) is 0 Å². The van der Waals surface area contributed by atoms with Gasteiger partial charge in [0.15, 0.2) is 11.5 Å². The van der Waals surface area contributed by atoms with Crippen molar-refractivity contribution in [3.05, 3.63) is 22.7 Å². The minimum atomic E-state index is -0.122. The summed E-state index contributed by atoms with van der Waals surface area (Å²) in [5.74, 6) is 2.25. The maximum atomic E-state index is 5.68. The first kappa shape index (κ1) is 9.84. The van der Waals surface area contributed by atoms with Crippen molar-refractivity contribution >= 4 is 15.9 Å². The molecule has 0 aromatic heterocycles. The average molecular weight is 257 g/mol. The van der Waals surface area contributed by atoms with E-state index >= 15 is 0 Å². The van der Waals surface area contributed by atoms with Crippen molar-refractivity contribution in [1.29, 1.82) is 0 Å². The van der Waals surface area contributed by atoms with E-state index in [-0.39, 0.29) is 6.29 Å². The zero-order chi connectivity index (χ0) is 10.1. The Bertz CT molecular complexity index is 336. The lowest BCUT2D eigenvalue weighted by molar-refractivity contribution is 0.0308. The molecule has 1 atom stereocenters. The second-order valence-corrected chi connectivity index (χ2v) is 4.72. The van der Waals surface area contributed by atoms with Crippen LogP contribution in [0.4, 0.5) is 0 Å². The van der Waals surface area contributed by atoms with Crippen LogP contribution >= 0.6 is 15.9 Å². The number of para-hydroxylation sites is 1. The Hall–Kier alpha value is -0.700. The van der Waals surface area contributed by atoms with Crippen LogP contribution in [0.1, 0.15) is 20.3 Å². The molecule has 0 N–H and O–H groups in total. The van der Waals surface area contributed by atoms with Gasteiger partial charge in [0.05, 0.1) is 4.47 Å². The summed E-state index contributed by atoms with van der Waals surface area (Å²) in [4.78, 5) is 0. The molecule has 1 aliphatic heterocycles. The summed E-state index contributed by atoms with van der Waals surface area (Å²) in [6.07, 6.45) is 0.796. The summed E-state index contributed by atoms with van der Waals surface area (Å²) in [5, 5.41) is 0. The van der Waals surface area contributed by atoms with Gasteiger partial charge in [0.1, 0.15) is 0 Å². The predicted octanol–water partition coefficient (Wildman–Crippen LogP) is 3.59. The third-order valence-corrected chi connectivity index (χ3v) is 2.73. The van der Waals surface area contributed by atoms with Crippen molar-refractivity contribution < 1.29 is 9.47 Å². The molecule has 1 heterocycles. The van der Waals surface area contributed by atoms with Gasteiger partial charge in [-0.2, -0.15) is 0 Å². The van der Waals surface area contributed by atoms with E-state index in [1.54, 1.807) is 0 Å². The van der Waals surface area contributed by atoms with Crippen LogP contribution in [0.15, 0.2) is 22.7 Å². The molecule has 0 radical (unpaired) electrons. The molecule has 0 aliphatic carbocycles. The second-order valence-electron chi connectivity index (χ2n) is 3.86. The standard InChI is InChI=1S/C11H13BrO2/c1-7(2)6-10-13-9-5-3-4-8(12)11(9)14-10/h3-5,7,10H,6H2,1-2H3. The fourth-order valence-corrected chi connectivity index (χ4v) is 1.92. The average Bonchev–Trinajstić information content (AvgIpc) is 2.47. The minimum absolute atomic E-state index is 0.122. The van der Waals surface area contributed by atoms with E-state index in [1.165, 1.54) is 0 Å². The maximum absolute atomic E-state index is 5.68. The van der Waals surface area contributed by atoms with Crippen LogP contribution in [0.3, 0.4) is 0 Å². The Morgan fingerprint density at radius 3 is 2.79 bits per heavy atom. The Morgan fingerprint density at radius 2 is 2.14 bits per heavy atom. The fourth-order valence-electron chi connectivity index (χ4n) is 1.47. The molecule has 0 saturated carbocycles. The van der Waals surface area contributed by atoms with Gasteiger partial charge >= 0.3 is 0 Å². The van der Waals surface area contributed by atoms with Gasteiger partial charge in [-0.1, -0.05) is 19.9 Å². The maximum Gasteiger partial charge on any atom is 0.241 e. The van der Waals surface area contributed by atoms with Crippen molar-refractivity contribution in [1.82, 2.24) is 0 Å². The van der Waals surface area contributed by atoms with Crippen LogP contribution in [-0.2, 0) is 0 Å². The van der Waals surface area contributed by atoms with Crippen LogP contribution in [-0.4, -0.2) is 6.29 Å². The molecule has 2 nitrogen and oxygen atoms in total. The molecule has 1 aromatic rings.